The number of nitrogens with zero attached hydrogens (tertiary/aromatic N) is 3. The number of allylic oxidation sites excluding steroid dienone is 2. The van der Waals surface area contributed by atoms with Crippen LogP contribution in [0.4, 0.5) is 0 Å². The minimum absolute atomic E-state index is 0.288. The van der Waals surface area contributed by atoms with E-state index in [1.165, 1.54) is 16.3 Å². The lowest BCUT2D eigenvalue weighted by Crippen LogP contribution is -2.40. The Morgan fingerprint density at radius 2 is 2.13 bits per heavy atom. The Balaban J connectivity index is 1.81. The number of fused-ring (bicyclic) bond motifs is 1. The largest absolute Gasteiger partial charge is 0.506 e. The summed E-state index contributed by atoms with van der Waals surface area (Å²) < 4.78 is 6.86. The summed E-state index contributed by atoms with van der Waals surface area (Å²) in [4.78, 5) is 32.4. The Kier molecular flexibility index (Phi) is 5.96. The minimum atomic E-state index is -0.681. The maximum Gasteiger partial charge on any atom is 0.268 e. The number of aromatic nitrogens is 2. The Bertz CT molecular complexity index is 1070. The monoisotopic (exact) mass is 410 g/mol. The number of rotatable bonds is 6. The van der Waals surface area contributed by atoms with E-state index in [-0.39, 0.29) is 11.3 Å². The highest BCUT2D eigenvalue weighted by molar-refractivity contribution is 6.02. The number of ether oxygens (including phenoxy) is 1. The van der Waals surface area contributed by atoms with Gasteiger partial charge in [0.15, 0.2) is 0 Å². The molecule has 1 amide bonds. The molecule has 1 aliphatic carbocycles. The lowest BCUT2D eigenvalue weighted by atomic mass is 10.0. The summed E-state index contributed by atoms with van der Waals surface area (Å²) in [7, 11) is 0. The van der Waals surface area contributed by atoms with E-state index in [9.17, 15) is 14.7 Å². The molecule has 1 aliphatic heterocycles. The van der Waals surface area contributed by atoms with E-state index in [1.807, 2.05) is 6.07 Å². The summed E-state index contributed by atoms with van der Waals surface area (Å²) in [6.07, 6.45) is 8.17. The van der Waals surface area contributed by atoms with Gasteiger partial charge in [-0.05, 0) is 42.7 Å². The second kappa shape index (κ2) is 8.81. The van der Waals surface area contributed by atoms with E-state index in [4.69, 9.17) is 4.74 Å². The molecule has 1 saturated heterocycles. The molecule has 0 aromatic carbocycles. The summed E-state index contributed by atoms with van der Waals surface area (Å²) in [5.74, 6) is -1.02. The van der Waals surface area contributed by atoms with Gasteiger partial charge in [-0.1, -0.05) is 12.7 Å². The highest BCUT2D eigenvalue weighted by atomic mass is 16.5. The molecule has 2 N–H and O–H groups in total. The summed E-state index contributed by atoms with van der Waals surface area (Å²) in [5.41, 5.74) is 1.61. The van der Waals surface area contributed by atoms with Gasteiger partial charge in [-0.25, -0.2) is 4.98 Å². The Labute approximate surface area is 174 Å². The molecule has 0 atom stereocenters. The quantitative estimate of drug-likeness (QED) is 0.755. The predicted molar refractivity (Wildman–Crippen MR) is 114 cm³/mol. The summed E-state index contributed by atoms with van der Waals surface area (Å²) in [5, 5.41) is 13.6. The van der Waals surface area contributed by atoms with Crippen molar-refractivity contribution in [1.82, 2.24) is 19.8 Å². The van der Waals surface area contributed by atoms with Crippen molar-refractivity contribution in [3.8, 4) is 5.75 Å². The standard InChI is InChI=1S/C22H26N4O4/c1-2-23-21(28)18-19(27)17-13-16(15-5-3-4-6-15)14-24-20(17)26(22(18)29)8-7-25-9-11-30-12-10-25/h2,5,13-14,27H,1,3-4,6-12H2,(H,23,28). The second-order valence-electron chi connectivity index (χ2n) is 7.53. The van der Waals surface area contributed by atoms with Gasteiger partial charge in [0.25, 0.3) is 11.5 Å². The molecular formula is C22H26N4O4. The third kappa shape index (κ3) is 3.88. The van der Waals surface area contributed by atoms with Crippen LogP contribution in [0, 0.1) is 0 Å². The molecule has 0 saturated carbocycles. The molecule has 8 heteroatoms. The van der Waals surface area contributed by atoms with E-state index in [1.54, 1.807) is 6.20 Å². The zero-order valence-electron chi connectivity index (χ0n) is 16.9. The number of aromatic hydroxyl groups is 1. The SMILES string of the molecule is C=CNC(=O)c1c(O)c2cc(C3=CCCC3)cnc2n(CCN2CCOCC2)c1=O. The topological polar surface area (TPSA) is 96.7 Å². The fraction of sp³-hybridized carbons (Fsp3) is 0.409. The summed E-state index contributed by atoms with van der Waals surface area (Å²) >= 11 is 0. The zero-order chi connectivity index (χ0) is 21.1. The second-order valence-corrected chi connectivity index (χ2v) is 7.53. The molecule has 2 aliphatic rings. The van der Waals surface area contributed by atoms with Crippen molar-refractivity contribution >= 4 is 22.5 Å². The number of nitrogens with one attached hydrogen (secondary N) is 1. The van der Waals surface area contributed by atoms with Crippen molar-refractivity contribution in [2.75, 3.05) is 32.8 Å². The molecular weight excluding hydrogens is 384 g/mol. The first-order valence-electron chi connectivity index (χ1n) is 10.3. The minimum Gasteiger partial charge on any atom is -0.506 e. The van der Waals surface area contributed by atoms with Gasteiger partial charge in [0, 0.05) is 32.4 Å². The molecule has 2 aromatic heterocycles. The molecule has 1 fully saturated rings. The average Bonchev–Trinajstić information content (AvgIpc) is 3.29. The third-order valence-electron chi connectivity index (χ3n) is 5.69. The number of hydrogen-bond acceptors (Lipinski definition) is 6. The molecule has 8 nitrogen and oxygen atoms in total. The summed E-state index contributed by atoms with van der Waals surface area (Å²) in [6.45, 7) is 7.37. The molecule has 0 radical (unpaired) electrons. The maximum absolute atomic E-state index is 13.1. The maximum atomic E-state index is 13.1. The third-order valence-corrected chi connectivity index (χ3v) is 5.69. The number of carbonyl (C=O) groups excluding carboxylic acids is 1. The number of morpholine rings is 1. The van der Waals surface area contributed by atoms with Crippen LogP contribution >= 0.6 is 0 Å². The van der Waals surface area contributed by atoms with Gasteiger partial charge >= 0.3 is 0 Å². The van der Waals surface area contributed by atoms with Gasteiger partial charge in [0.1, 0.15) is 17.0 Å². The first-order valence-corrected chi connectivity index (χ1v) is 10.3. The average molecular weight is 410 g/mol. The molecule has 2 aromatic rings. The zero-order valence-corrected chi connectivity index (χ0v) is 16.9. The van der Waals surface area contributed by atoms with Crippen LogP contribution in [0.15, 0.2) is 35.9 Å². The smallest absolute Gasteiger partial charge is 0.268 e. The Hall–Kier alpha value is -2.97. The first kappa shape index (κ1) is 20.3. The fourth-order valence-corrected chi connectivity index (χ4v) is 4.07. The highest BCUT2D eigenvalue weighted by Gasteiger charge is 2.24. The van der Waals surface area contributed by atoms with Crippen molar-refractivity contribution < 1.29 is 14.6 Å². The van der Waals surface area contributed by atoms with Crippen LogP contribution in [0.3, 0.4) is 0 Å². The number of pyridine rings is 2. The number of hydrogen-bond donors (Lipinski definition) is 2. The van der Waals surface area contributed by atoms with E-state index >= 15 is 0 Å². The van der Waals surface area contributed by atoms with Crippen molar-refractivity contribution in [2.45, 2.75) is 25.8 Å². The Morgan fingerprint density at radius 1 is 1.33 bits per heavy atom. The molecule has 30 heavy (non-hydrogen) atoms. The first-order chi connectivity index (χ1) is 14.6. The molecule has 4 rings (SSSR count). The molecule has 0 spiro atoms. The van der Waals surface area contributed by atoms with Crippen molar-refractivity contribution in [1.29, 1.82) is 0 Å². The van der Waals surface area contributed by atoms with Crippen LogP contribution in [-0.4, -0.2) is 58.3 Å². The normalized spacial score (nSPS) is 17.1. The van der Waals surface area contributed by atoms with Crippen LogP contribution in [-0.2, 0) is 11.3 Å². The van der Waals surface area contributed by atoms with Crippen molar-refractivity contribution in [3.05, 3.63) is 52.6 Å². The van der Waals surface area contributed by atoms with E-state index in [2.05, 4.69) is 27.9 Å². The van der Waals surface area contributed by atoms with E-state index in [0.29, 0.717) is 37.3 Å². The van der Waals surface area contributed by atoms with Crippen LogP contribution in [0.2, 0.25) is 0 Å². The molecule has 3 heterocycles. The van der Waals surface area contributed by atoms with Crippen LogP contribution < -0.4 is 10.9 Å². The van der Waals surface area contributed by atoms with Gasteiger partial charge in [0.05, 0.1) is 18.6 Å². The van der Waals surface area contributed by atoms with Crippen LogP contribution in [0.5, 0.6) is 5.75 Å². The van der Waals surface area contributed by atoms with Gasteiger partial charge in [-0.3, -0.25) is 19.1 Å². The van der Waals surface area contributed by atoms with Crippen LogP contribution in [0.1, 0.15) is 35.2 Å². The fourth-order valence-electron chi connectivity index (χ4n) is 4.07. The lowest BCUT2D eigenvalue weighted by Gasteiger charge is -2.27. The predicted octanol–water partition coefficient (Wildman–Crippen LogP) is 1.87. The van der Waals surface area contributed by atoms with Gasteiger partial charge in [-0.2, -0.15) is 0 Å². The van der Waals surface area contributed by atoms with Crippen LogP contribution in [0.25, 0.3) is 16.6 Å². The number of amides is 1. The number of carbonyl (C=O) groups is 1. The van der Waals surface area contributed by atoms with Gasteiger partial charge < -0.3 is 15.2 Å². The molecule has 158 valence electrons. The summed E-state index contributed by atoms with van der Waals surface area (Å²) in [6, 6.07) is 1.82. The van der Waals surface area contributed by atoms with Crippen molar-refractivity contribution in [2.24, 2.45) is 0 Å². The molecule has 0 unspecified atom stereocenters. The van der Waals surface area contributed by atoms with E-state index < -0.39 is 11.5 Å². The van der Waals surface area contributed by atoms with Gasteiger partial charge in [0.2, 0.25) is 0 Å². The lowest BCUT2D eigenvalue weighted by molar-refractivity contribution is 0.0364. The van der Waals surface area contributed by atoms with E-state index in [0.717, 1.165) is 37.9 Å². The van der Waals surface area contributed by atoms with Gasteiger partial charge in [-0.15, -0.1) is 0 Å². The highest BCUT2D eigenvalue weighted by Crippen LogP contribution is 2.32. The van der Waals surface area contributed by atoms with Crippen molar-refractivity contribution in [3.63, 3.8) is 0 Å². The Morgan fingerprint density at radius 3 is 2.83 bits per heavy atom. The molecule has 0 bridgehead atoms.